The van der Waals surface area contributed by atoms with Crippen molar-refractivity contribution in [2.75, 3.05) is 7.11 Å². The highest BCUT2D eigenvalue weighted by atomic mass is 16.2. The first-order valence-electron chi connectivity index (χ1n) is 0.816. The van der Waals surface area contributed by atoms with Crippen molar-refractivity contribution in [1.82, 2.24) is 0 Å². The molecule has 0 heterocycles. The van der Waals surface area contributed by atoms with Gasteiger partial charge in [-0.25, -0.2) is 0 Å². The Morgan fingerprint density at radius 2 is 1.50 bits per heavy atom. The number of quaternary nitrogens is 1. The van der Waals surface area contributed by atoms with Crippen LogP contribution in [0.15, 0.2) is 0 Å². The zero-order valence-electron chi connectivity index (χ0n) is 2.69. The molecule has 0 saturated heterocycles. The molecule has 4 heavy (non-hydrogen) atoms. The van der Waals surface area contributed by atoms with Gasteiger partial charge in [0.2, 0.25) is 0 Å². The van der Waals surface area contributed by atoms with Crippen molar-refractivity contribution in [2.24, 2.45) is 5.84 Å². The predicted octanol–water partition coefficient (Wildman–Crippen LogP) is -2.92. The maximum atomic E-state index is 8.25. The van der Waals surface area contributed by atoms with Crippen LogP contribution in [-0.2, 0) is 0 Å². The number of hydrogen-bond donors (Lipinski definition) is 2. The third kappa shape index (κ3) is 101. The van der Waals surface area contributed by atoms with E-state index in [1.807, 2.05) is 0 Å². The Kier molecular flexibility index (Phi) is 1610. The second-order valence-corrected chi connectivity index (χ2v) is 0. The fourth-order valence-electron chi connectivity index (χ4n) is 0. The van der Waals surface area contributed by atoms with Crippen LogP contribution in [0.1, 0.15) is 0 Å². The summed E-state index contributed by atoms with van der Waals surface area (Å²) in [5, 5.41) is 8.25. The molecule has 0 radical (unpaired) electrons. The third-order valence-electron chi connectivity index (χ3n) is 0. The molecule has 0 saturated carbocycles. The van der Waals surface area contributed by atoms with Gasteiger partial charge < -0.3 is 5.11 Å². The fraction of sp³-hybridized carbons (Fsp3) is 1.00. The van der Waals surface area contributed by atoms with E-state index in [2.05, 4.69) is 11.7 Å². The van der Waals surface area contributed by atoms with E-state index in [4.69, 9.17) is 5.11 Å². The van der Waals surface area contributed by atoms with E-state index in [0.717, 1.165) is 7.11 Å². The van der Waals surface area contributed by atoms with Crippen LogP contribution in [0.25, 0.3) is 0 Å². The van der Waals surface area contributed by atoms with Crippen molar-refractivity contribution in [3.63, 3.8) is 0 Å². The minimum Gasteiger partial charge on any atom is -0.857 e. The van der Waals surface area contributed by atoms with Gasteiger partial charge in [0.25, 0.3) is 0 Å². The molecule has 0 aromatic carbocycles. The van der Waals surface area contributed by atoms with E-state index in [9.17, 15) is 0 Å². The van der Waals surface area contributed by atoms with E-state index in [-0.39, 0.29) is 0 Å². The Balaban J connectivity index is 0. The minimum atomic E-state index is 0.750. The molecule has 0 aliphatic heterocycles. The largest absolute Gasteiger partial charge is 0.857 e. The van der Waals surface area contributed by atoms with Gasteiger partial charge in [-0.2, -0.15) is 13.0 Å². The molecule has 0 fully saturated rings. The Morgan fingerprint density at radius 3 is 1.50 bits per heavy atom. The Bertz CT molecular complexity index is 6.00. The average molecular weight is 64.1 g/mol. The molecule has 3 nitrogen and oxygen atoms in total. The zero-order chi connectivity index (χ0) is 4.00. The molecule has 3 heteroatoms. The molecule has 0 rings (SSSR count). The van der Waals surface area contributed by atoms with Crippen LogP contribution in [0.4, 0.5) is 0 Å². The van der Waals surface area contributed by atoms with Crippen LogP contribution < -0.4 is 16.8 Å². The quantitative estimate of drug-likeness (QED) is 0.234. The van der Waals surface area contributed by atoms with Crippen LogP contribution in [-0.4, -0.2) is 7.11 Å². The summed E-state index contributed by atoms with van der Waals surface area (Å²) < 4.78 is 0. The second kappa shape index (κ2) is 707. The van der Waals surface area contributed by atoms with Crippen molar-refractivity contribution < 1.29 is 10.9 Å². The maximum Gasteiger partial charge on any atom is -0.153 e. The van der Waals surface area contributed by atoms with Gasteiger partial charge in [-0.1, -0.05) is 0 Å². The van der Waals surface area contributed by atoms with E-state index in [1.54, 1.807) is 0 Å². The van der Waals surface area contributed by atoms with Crippen molar-refractivity contribution >= 4 is 0 Å². The molecule has 0 aromatic heterocycles. The smallest absolute Gasteiger partial charge is 0.153 e. The summed E-state index contributed by atoms with van der Waals surface area (Å²) in [7, 11) is 0.750. The summed E-state index contributed by atoms with van der Waals surface area (Å²) in [5.74, 6) is 7.00. The molecule has 0 aliphatic carbocycles. The molecule has 28 valence electrons. The summed E-state index contributed by atoms with van der Waals surface area (Å²) in [5.41, 5.74) is 0. The van der Waals surface area contributed by atoms with Crippen molar-refractivity contribution in [3.8, 4) is 0 Å². The SMILES string of the molecule is C[O-].N[NH3+]. The van der Waals surface area contributed by atoms with Crippen molar-refractivity contribution in [2.45, 2.75) is 0 Å². The number of hydrogen-bond acceptors (Lipinski definition) is 2. The zero-order valence-corrected chi connectivity index (χ0v) is 2.69. The first kappa shape index (κ1) is 9.11. The predicted molar refractivity (Wildman–Crippen MR) is 13.0 cm³/mol. The standard InChI is InChI=1S/CH3O.H4N2/c2*1-2/h1H3;1-2H2/q-1;/p+1. The first-order valence-corrected chi connectivity index (χ1v) is 0.816. The lowest BCUT2D eigenvalue weighted by atomic mass is 11.8. The molecular formula is CH8N2O. The van der Waals surface area contributed by atoms with Gasteiger partial charge in [0.15, 0.2) is 0 Å². The molecule has 0 atom stereocenters. The van der Waals surface area contributed by atoms with Crippen LogP contribution in [0, 0.1) is 0 Å². The summed E-state index contributed by atoms with van der Waals surface area (Å²) in [6.07, 6.45) is 0. The van der Waals surface area contributed by atoms with Crippen LogP contribution >= 0.6 is 0 Å². The van der Waals surface area contributed by atoms with Crippen LogP contribution in [0.2, 0.25) is 0 Å². The lowest BCUT2D eigenvalue weighted by Crippen LogP contribution is -2.59. The lowest BCUT2D eigenvalue weighted by Gasteiger charge is -1.57. The molecule has 5 N–H and O–H groups in total. The van der Waals surface area contributed by atoms with E-state index >= 15 is 0 Å². The summed E-state index contributed by atoms with van der Waals surface area (Å²) in [6, 6.07) is 0. The van der Waals surface area contributed by atoms with Crippen LogP contribution in [0.3, 0.4) is 0 Å². The Labute approximate surface area is 25.2 Å². The van der Waals surface area contributed by atoms with E-state index in [0.29, 0.717) is 0 Å². The summed E-state index contributed by atoms with van der Waals surface area (Å²) in [6.45, 7) is 0. The monoisotopic (exact) mass is 64.1 g/mol. The highest BCUT2D eigenvalue weighted by Gasteiger charge is 0.767. The van der Waals surface area contributed by atoms with Crippen molar-refractivity contribution in [3.05, 3.63) is 0 Å². The molecule has 0 unspecified atom stereocenters. The number of nitrogens with two attached hydrogens (primary N) is 1. The van der Waals surface area contributed by atoms with Crippen molar-refractivity contribution in [1.29, 1.82) is 0 Å². The average Bonchev–Trinajstić information content (AvgIpc) is 1.50. The highest BCUT2D eigenvalue weighted by molar-refractivity contribution is 3.08. The van der Waals surface area contributed by atoms with Gasteiger partial charge in [0.05, 0.1) is 0 Å². The molecule has 0 bridgehead atoms. The van der Waals surface area contributed by atoms with Gasteiger partial charge in [-0.05, 0) is 0 Å². The maximum absolute atomic E-state index is 8.25. The highest BCUT2D eigenvalue weighted by Crippen LogP contribution is 0.419. The molecule has 0 aliphatic rings. The molecule has 0 spiro atoms. The Hall–Kier alpha value is -0.120. The minimum absolute atomic E-state index is 0.750. The molecule has 0 aromatic rings. The van der Waals surface area contributed by atoms with Gasteiger partial charge in [0.1, 0.15) is 0 Å². The van der Waals surface area contributed by atoms with Crippen LogP contribution in [0.5, 0.6) is 0 Å². The number of rotatable bonds is 0. The molecule has 0 amide bonds. The topological polar surface area (TPSA) is 76.7 Å². The summed E-state index contributed by atoms with van der Waals surface area (Å²) in [4.78, 5) is 0. The van der Waals surface area contributed by atoms with Gasteiger partial charge in [-0.3, -0.25) is 5.84 Å². The molecular weight excluding hydrogens is 56.0 g/mol. The van der Waals surface area contributed by atoms with E-state index in [1.165, 1.54) is 0 Å². The van der Waals surface area contributed by atoms with Gasteiger partial charge in [0, 0.05) is 0 Å². The Morgan fingerprint density at radius 1 is 1.50 bits per heavy atom. The van der Waals surface area contributed by atoms with Gasteiger partial charge in [-0.15, -0.1) is 0 Å². The summed E-state index contributed by atoms with van der Waals surface area (Å²) >= 11 is 0. The normalized spacial score (nSPS) is 3.00. The first-order chi connectivity index (χ1) is 2.00. The second-order valence-electron chi connectivity index (χ2n) is 0. The van der Waals surface area contributed by atoms with E-state index < -0.39 is 0 Å². The third-order valence-corrected chi connectivity index (χ3v) is 0. The van der Waals surface area contributed by atoms with Gasteiger partial charge >= 0.3 is 0 Å². The fourth-order valence-corrected chi connectivity index (χ4v) is 0. The lowest BCUT2D eigenvalue weighted by molar-refractivity contribution is -0.379.